The number of nitrogens with zero attached hydrogens (tertiary/aromatic N) is 5. The zero-order valence-corrected chi connectivity index (χ0v) is 24.8. The Hall–Kier alpha value is -4.14. The molecule has 2 aliphatic heterocycles. The lowest BCUT2D eigenvalue weighted by Crippen LogP contribution is -2.54. The fraction of sp³-hybridized carbons (Fsp3) is 0.552. The second-order valence-corrected chi connectivity index (χ2v) is 12.4. The van der Waals surface area contributed by atoms with Crippen molar-refractivity contribution in [2.75, 3.05) is 51.1 Å². The van der Waals surface area contributed by atoms with Crippen molar-refractivity contribution in [2.45, 2.75) is 45.0 Å². The number of carbonyl (C=O) groups is 3. The first kappa shape index (κ1) is 31.3. The number of hydrogen-bond donors (Lipinski definition) is 2. The van der Waals surface area contributed by atoms with Crippen molar-refractivity contribution in [3.63, 3.8) is 0 Å². The fourth-order valence-corrected chi connectivity index (χ4v) is 5.75. The van der Waals surface area contributed by atoms with Crippen LogP contribution in [0.15, 0.2) is 41.3 Å². The summed E-state index contributed by atoms with van der Waals surface area (Å²) in [4.78, 5) is 57.1. The average Bonchev–Trinajstić information content (AvgIpc) is 3.37. The SMILES string of the molecule is CC(C)(C)OC(=O)NC1C2CN(CCc3cccc(-n4ccc(NC(=O)N5CCN(C(=O)C(F)(F)F)CC5)nc4=O)c3)CC21. The van der Waals surface area contributed by atoms with Crippen LogP contribution in [0.5, 0.6) is 0 Å². The van der Waals surface area contributed by atoms with E-state index in [0.29, 0.717) is 22.4 Å². The molecule has 0 radical (unpaired) electrons. The van der Waals surface area contributed by atoms with E-state index in [9.17, 15) is 32.3 Å². The lowest BCUT2D eigenvalue weighted by atomic mass is 10.1. The molecular formula is C29H36F3N7O5. The molecule has 2 unspecified atom stereocenters. The lowest BCUT2D eigenvalue weighted by molar-refractivity contribution is -0.186. The molecule has 238 valence electrons. The second-order valence-electron chi connectivity index (χ2n) is 12.4. The van der Waals surface area contributed by atoms with Crippen molar-refractivity contribution >= 4 is 23.8 Å². The Balaban J connectivity index is 1.09. The van der Waals surface area contributed by atoms with E-state index in [-0.39, 0.29) is 44.1 Å². The minimum atomic E-state index is -4.96. The van der Waals surface area contributed by atoms with Crippen LogP contribution >= 0.6 is 0 Å². The van der Waals surface area contributed by atoms with Crippen LogP contribution in [-0.2, 0) is 16.0 Å². The van der Waals surface area contributed by atoms with Crippen molar-refractivity contribution in [1.29, 1.82) is 0 Å². The highest BCUT2D eigenvalue weighted by Crippen LogP contribution is 2.45. The molecule has 0 spiro atoms. The molecule has 2 aromatic rings. The summed E-state index contributed by atoms with van der Waals surface area (Å²) in [6, 6.07) is 8.55. The van der Waals surface area contributed by atoms with Gasteiger partial charge in [0.2, 0.25) is 0 Å². The predicted molar refractivity (Wildman–Crippen MR) is 153 cm³/mol. The van der Waals surface area contributed by atoms with E-state index in [1.54, 1.807) is 6.07 Å². The molecule has 1 saturated carbocycles. The molecule has 2 N–H and O–H groups in total. The molecule has 0 bridgehead atoms. The van der Waals surface area contributed by atoms with E-state index in [2.05, 4.69) is 20.5 Å². The number of anilines is 1. The topological polar surface area (TPSA) is 129 Å². The quantitative estimate of drug-likeness (QED) is 0.509. The number of rotatable bonds is 6. The standard InChI is InChI=1S/C29H36F3N7O5/c1-28(2,3)44-27(43)35-23-20-16-36(17-21(20)23)9-7-18-5-4-6-19(15-18)39-10-8-22(34-26(39)42)33-25(41)38-13-11-37(12-14-38)24(40)29(30,31)32/h4-6,8,10,15,20-21,23H,7,9,11-14,16-17H2,1-3H3,(H,35,43)(H,33,34,41,42). The number of fused-ring (bicyclic) bond motifs is 1. The fourth-order valence-electron chi connectivity index (χ4n) is 5.75. The Kier molecular flexibility index (Phi) is 8.60. The highest BCUT2D eigenvalue weighted by molar-refractivity contribution is 5.88. The maximum atomic E-state index is 12.8. The van der Waals surface area contributed by atoms with E-state index in [4.69, 9.17) is 4.74 Å². The van der Waals surface area contributed by atoms with Gasteiger partial charge in [-0.15, -0.1) is 0 Å². The van der Waals surface area contributed by atoms with E-state index in [1.165, 1.54) is 21.7 Å². The molecule has 5 rings (SSSR count). The summed E-state index contributed by atoms with van der Waals surface area (Å²) >= 11 is 0. The first-order chi connectivity index (χ1) is 20.7. The Bertz CT molecular complexity index is 1450. The van der Waals surface area contributed by atoms with Crippen LogP contribution in [0.3, 0.4) is 0 Å². The first-order valence-electron chi connectivity index (χ1n) is 14.5. The molecule has 12 nitrogen and oxygen atoms in total. The molecular weight excluding hydrogens is 583 g/mol. The first-order valence-corrected chi connectivity index (χ1v) is 14.5. The molecule has 1 aromatic heterocycles. The minimum absolute atomic E-state index is 0.00765. The molecule has 3 heterocycles. The monoisotopic (exact) mass is 619 g/mol. The Morgan fingerprint density at radius 3 is 2.27 bits per heavy atom. The van der Waals surface area contributed by atoms with Gasteiger partial charge in [0.15, 0.2) is 0 Å². The molecule has 2 saturated heterocycles. The van der Waals surface area contributed by atoms with Gasteiger partial charge in [0.1, 0.15) is 11.4 Å². The highest BCUT2D eigenvalue weighted by atomic mass is 19.4. The number of aromatic nitrogens is 2. The van der Waals surface area contributed by atoms with Gasteiger partial charge in [-0.05, 0) is 62.8 Å². The average molecular weight is 620 g/mol. The van der Waals surface area contributed by atoms with Gasteiger partial charge in [-0.1, -0.05) is 12.1 Å². The van der Waals surface area contributed by atoms with Crippen LogP contribution in [0.25, 0.3) is 5.69 Å². The van der Waals surface area contributed by atoms with Crippen LogP contribution in [0.2, 0.25) is 0 Å². The number of nitrogens with one attached hydrogen (secondary N) is 2. The van der Waals surface area contributed by atoms with Gasteiger partial charge in [-0.2, -0.15) is 18.2 Å². The number of benzene rings is 1. The summed E-state index contributed by atoms with van der Waals surface area (Å²) in [5, 5.41) is 5.48. The number of likely N-dealkylation sites (tertiary alicyclic amines) is 1. The number of piperidine rings is 1. The Morgan fingerprint density at radius 1 is 1.00 bits per heavy atom. The number of alkyl carbamates (subject to hydrolysis) is 1. The van der Waals surface area contributed by atoms with Crippen LogP contribution < -0.4 is 16.3 Å². The number of piperazine rings is 1. The third kappa shape index (κ3) is 7.49. The molecule has 1 aromatic carbocycles. The van der Waals surface area contributed by atoms with Crippen molar-refractivity contribution < 1.29 is 32.3 Å². The van der Waals surface area contributed by atoms with Crippen molar-refractivity contribution in [1.82, 2.24) is 29.6 Å². The van der Waals surface area contributed by atoms with Gasteiger partial charge >= 0.3 is 29.9 Å². The molecule has 44 heavy (non-hydrogen) atoms. The molecule has 1 aliphatic carbocycles. The number of ether oxygens (including phenoxy) is 1. The molecule has 3 aliphatic rings. The van der Waals surface area contributed by atoms with Crippen LogP contribution in [0.4, 0.5) is 28.6 Å². The summed E-state index contributed by atoms with van der Waals surface area (Å²) in [6.45, 7) is 7.51. The van der Waals surface area contributed by atoms with E-state index < -0.39 is 29.4 Å². The Labute approximate surface area is 252 Å². The van der Waals surface area contributed by atoms with Gasteiger partial charge < -0.3 is 24.8 Å². The third-order valence-electron chi connectivity index (χ3n) is 7.99. The number of amides is 4. The number of halogens is 3. The van der Waals surface area contributed by atoms with Crippen molar-refractivity contribution in [3.8, 4) is 5.69 Å². The summed E-state index contributed by atoms with van der Waals surface area (Å²) in [7, 11) is 0. The number of urea groups is 1. The minimum Gasteiger partial charge on any atom is -0.444 e. The summed E-state index contributed by atoms with van der Waals surface area (Å²) in [5.74, 6) is -1.06. The second kappa shape index (κ2) is 12.1. The van der Waals surface area contributed by atoms with Crippen LogP contribution in [-0.4, -0.2) is 106 Å². The van der Waals surface area contributed by atoms with Gasteiger partial charge in [-0.25, -0.2) is 14.4 Å². The molecule has 3 fully saturated rings. The largest absolute Gasteiger partial charge is 0.471 e. The molecule has 15 heteroatoms. The van der Waals surface area contributed by atoms with Gasteiger partial charge in [0, 0.05) is 58.1 Å². The van der Waals surface area contributed by atoms with E-state index in [0.717, 1.165) is 31.6 Å². The van der Waals surface area contributed by atoms with Gasteiger partial charge in [-0.3, -0.25) is 14.7 Å². The van der Waals surface area contributed by atoms with Gasteiger partial charge in [0.05, 0.1) is 5.69 Å². The number of carbonyl (C=O) groups excluding carboxylic acids is 3. The molecule has 4 amide bonds. The summed E-state index contributed by atoms with van der Waals surface area (Å²) < 4.78 is 44.7. The highest BCUT2D eigenvalue weighted by Gasteiger charge is 2.56. The number of alkyl halides is 3. The smallest absolute Gasteiger partial charge is 0.444 e. The maximum Gasteiger partial charge on any atom is 0.471 e. The van der Waals surface area contributed by atoms with E-state index in [1.807, 2.05) is 39.0 Å². The van der Waals surface area contributed by atoms with Gasteiger partial charge in [0.25, 0.3) is 0 Å². The van der Waals surface area contributed by atoms with E-state index >= 15 is 0 Å². The normalized spacial score (nSPS) is 21.9. The Morgan fingerprint density at radius 2 is 1.66 bits per heavy atom. The predicted octanol–water partition coefficient (Wildman–Crippen LogP) is 2.47. The maximum absolute atomic E-state index is 12.8. The zero-order valence-electron chi connectivity index (χ0n) is 24.8. The van der Waals surface area contributed by atoms with Crippen molar-refractivity contribution in [3.05, 3.63) is 52.6 Å². The van der Waals surface area contributed by atoms with Crippen molar-refractivity contribution in [2.24, 2.45) is 11.8 Å². The summed E-state index contributed by atoms with van der Waals surface area (Å²) in [5.41, 5.74) is 0.526. The van der Waals surface area contributed by atoms with Crippen LogP contribution in [0, 0.1) is 11.8 Å². The lowest BCUT2D eigenvalue weighted by Gasteiger charge is -2.34. The number of hydrogen-bond acceptors (Lipinski definition) is 7. The van der Waals surface area contributed by atoms with Crippen LogP contribution in [0.1, 0.15) is 26.3 Å². The molecule has 2 atom stereocenters. The zero-order chi connectivity index (χ0) is 31.8. The third-order valence-corrected chi connectivity index (χ3v) is 7.99. The summed E-state index contributed by atoms with van der Waals surface area (Å²) in [6.07, 6.45) is -3.06.